The van der Waals surface area contributed by atoms with Gasteiger partial charge in [-0.3, -0.25) is 19.2 Å². The second-order valence-electron chi connectivity index (χ2n) is 8.16. The molecule has 10 nitrogen and oxygen atoms in total. The normalized spacial score (nSPS) is 12.8. The van der Waals surface area contributed by atoms with Crippen molar-refractivity contribution in [1.82, 2.24) is 14.8 Å². The van der Waals surface area contributed by atoms with Crippen LogP contribution in [-0.4, -0.2) is 77.2 Å². The zero-order valence-electron chi connectivity index (χ0n) is 19.8. The molecule has 10 heteroatoms. The lowest BCUT2D eigenvalue weighted by atomic mass is 9.96. The van der Waals surface area contributed by atoms with Gasteiger partial charge in [0.25, 0.3) is 5.91 Å². The van der Waals surface area contributed by atoms with Crippen LogP contribution < -0.4 is 5.32 Å². The van der Waals surface area contributed by atoms with Crippen LogP contribution in [0.2, 0.25) is 0 Å². The molecule has 2 N–H and O–H groups in total. The smallest absolute Gasteiger partial charge is 0.271 e. The minimum Gasteiger partial charge on any atom is -0.449 e. The number of nitrogens with zero attached hydrogens (tertiary/aromatic N) is 3. The molecule has 0 aliphatic carbocycles. The van der Waals surface area contributed by atoms with Gasteiger partial charge >= 0.3 is 0 Å². The van der Waals surface area contributed by atoms with Crippen LogP contribution in [0.25, 0.3) is 11.1 Å². The number of fused-ring (bicyclic) bond motifs is 1. The van der Waals surface area contributed by atoms with Gasteiger partial charge in [0.15, 0.2) is 17.6 Å². The molecule has 33 heavy (non-hydrogen) atoms. The molecule has 0 saturated carbocycles. The van der Waals surface area contributed by atoms with Crippen molar-refractivity contribution in [2.24, 2.45) is 5.92 Å². The van der Waals surface area contributed by atoms with E-state index in [1.807, 2.05) is 13.8 Å². The van der Waals surface area contributed by atoms with Crippen LogP contribution >= 0.6 is 0 Å². The van der Waals surface area contributed by atoms with E-state index in [9.17, 15) is 24.3 Å². The summed E-state index contributed by atoms with van der Waals surface area (Å²) in [6.45, 7) is 5.32. The summed E-state index contributed by atoms with van der Waals surface area (Å²) in [6.07, 6.45) is 2.11. The Labute approximate surface area is 192 Å². The van der Waals surface area contributed by atoms with Gasteiger partial charge < -0.3 is 24.6 Å². The molecule has 0 aliphatic rings. The maximum atomic E-state index is 13.0. The van der Waals surface area contributed by atoms with E-state index >= 15 is 0 Å². The fourth-order valence-electron chi connectivity index (χ4n) is 3.69. The number of carbonyl (C=O) groups excluding carboxylic acids is 4. The van der Waals surface area contributed by atoms with Gasteiger partial charge in [0.05, 0.1) is 6.61 Å². The molecule has 0 saturated heterocycles. The summed E-state index contributed by atoms with van der Waals surface area (Å²) >= 11 is 0. The average Bonchev–Trinajstić information content (AvgIpc) is 3.13. The molecule has 3 amide bonds. The highest BCUT2D eigenvalue weighted by Crippen LogP contribution is 2.30. The van der Waals surface area contributed by atoms with Crippen molar-refractivity contribution in [1.29, 1.82) is 0 Å². The molecule has 0 bridgehead atoms. The highest BCUT2D eigenvalue weighted by atomic mass is 16.3. The van der Waals surface area contributed by atoms with Crippen LogP contribution in [-0.2, 0) is 9.59 Å². The first-order valence-corrected chi connectivity index (χ1v) is 10.9. The standard InChI is InChI=1S/C23H32N4O6/c1-6-16(8-7-14(2)27(11-12-28)15(3)30)22(31)25-21-19(13-29)33-18-10-9-17(24-20(18)21)23(32)26(4)5/h9-10,13-14,16,28H,6-8,11-12H2,1-5H3,(H,25,31)/t14?,16-/m1/s1. The van der Waals surface area contributed by atoms with E-state index in [-0.39, 0.29) is 71.1 Å². The number of aliphatic hydroxyl groups excluding tert-OH is 1. The Bertz CT molecular complexity index is 1020. The number of carbonyl (C=O) groups is 4. The lowest BCUT2D eigenvalue weighted by Crippen LogP contribution is -2.39. The summed E-state index contributed by atoms with van der Waals surface area (Å²) in [7, 11) is 3.20. The average molecular weight is 461 g/mol. The number of nitrogens with one attached hydrogen (secondary N) is 1. The second-order valence-corrected chi connectivity index (χ2v) is 8.16. The van der Waals surface area contributed by atoms with Crippen molar-refractivity contribution in [3.05, 3.63) is 23.6 Å². The first-order chi connectivity index (χ1) is 15.6. The Morgan fingerprint density at radius 3 is 2.48 bits per heavy atom. The third kappa shape index (κ3) is 6.16. The van der Waals surface area contributed by atoms with Gasteiger partial charge in [-0.1, -0.05) is 6.92 Å². The molecule has 2 atom stereocenters. The zero-order valence-corrected chi connectivity index (χ0v) is 19.8. The zero-order chi connectivity index (χ0) is 24.7. The first-order valence-electron chi connectivity index (χ1n) is 10.9. The number of aromatic nitrogens is 1. The van der Waals surface area contributed by atoms with Crippen LogP contribution in [0.4, 0.5) is 5.69 Å². The molecule has 1 unspecified atom stereocenters. The van der Waals surface area contributed by atoms with Crippen molar-refractivity contribution in [2.45, 2.75) is 46.1 Å². The monoisotopic (exact) mass is 460 g/mol. The van der Waals surface area contributed by atoms with Crippen LogP contribution in [0, 0.1) is 5.92 Å². The summed E-state index contributed by atoms with van der Waals surface area (Å²) in [4.78, 5) is 55.9. The number of hydrogen-bond acceptors (Lipinski definition) is 7. The molecule has 0 aromatic carbocycles. The van der Waals surface area contributed by atoms with Crippen LogP contribution in [0.15, 0.2) is 16.5 Å². The highest BCUT2D eigenvalue weighted by molar-refractivity contribution is 6.06. The Morgan fingerprint density at radius 1 is 1.24 bits per heavy atom. The van der Waals surface area contributed by atoms with Gasteiger partial charge in [-0.15, -0.1) is 0 Å². The minimum absolute atomic E-state index is 0.0748. The quantitative estimate of drug-likeness (QED) is 0.492. The van der Waals surface area contributed by atoms with Crippen LogP contribution in [0.5, 0.6) is 0 Å². The second kappa shape index (κ2) is 11.6. The molecule has 0 aliphatic heterocycles. The highest BCUT2D eigenvalue weighted by Gasteiger charge is 2.25. The number of aliphatic hydroxyl groups is 1. The van der Waals surface area contributed by atoms with E-state index in [2.05, 4.69) is 10.3 Å². The van der Waals surface area contributed by atoms with Gasteiger partial charge in [-0.25, -0.2) is 4.98 Å². The summed E-state index contributed by atoms with van der Waals surface area (Å²) in [6, 6.07) is 2.90. The predicted octanol–water partition coefficient (Wildman–Crippen LogP) is 2.32. The molecule has 0 radical (unpaired) electrons. The summed E-state index contributed by atoms with van der Waals surface area (Å²) < 4.78 is 5.50. The molecule has 0 fully saturated rings. The van der Waals surface area contributed by atoms with Crippen molar-refractivity contribution in [3.63, 3.8) is 0 Å². The SMILES string of the molecule is CC[C@H](CCC(C)N(CCO)C(C)=O)C(=O)Nc1c(C=O)oc2ccc(C(=O)N(C)C)nc12. The largest absolute Gasteiger partial charge is 0.449 e. The number of pyridine rings is 1. The lowest BCUT2D eigenvalue weighted by Gasteiger charge is -2.28. The van der Waals surface area contributed by atoms with Crippen molar-refractivity contribution in [2.75, 3.05) is 32.6 Å². The van der Waals surface area contributed by atoms with Gasteiger partial charge in [0.1, 0.15) is 16.9 Å². The summed E-state index contributed by atoms with van der Waals surface area (Å²) in [5, 5.41) is 11.9. The van der Waals surface area contributed by atoms with Crippen molar-refractivity contribution in [3.8, 4) is 0 Å². The van der Waals surface area contributed by atoms with Crippen LogP contribution in [0.3, 0.4) is 0 Å². The number of hydrogen-bond donors (Lipinski definition) is 2. The van der Waals surface area contributed by atoms with Crippen LogP contribution in [0.1, 0.15) is 61.1 Å². The van der Waals surface area contributed by atoms with Crippen molar-refractivity contribution >= 4 is 40.8 Å². The Hall–Kier alpha value is -3.27. The fraction of sp³-hybridized carbons (Fsp3) is 0.522. The predicted molar refractivity (Wildman–Crippen MR) is 123 cm³/mol. The van der Waals surface area contributed by atoms with Gasteiger partial charge in [-0.05, 0) is 38.3 Å². The van der Waals surface area contributed by atoms with E-state index < -0.39 is 0 Å². The third-order valence-electron chi connectivity index (χ3n) is 5.62. The first kappa shape index (κ1) is 26.0. The Balaban J connectivity index is 2.23. The molecule has 2 heterocycles. The maximum absolute atomic E-state index is 13.0. The van der Waals surface area contributed by atoms with E-state index in [0.717, 1.165) is 0 Å². The third-order valence-corrected chi connectivity index (χ3v) is 5.62. The molecular formula is C23H32N4O6. The molecular weight excluding hydrogens is 428 g/mol. The number of amides is 3. The minimum atomic E-state index is -0.383. The Kier molecular flexibility index (Phi) is 9.10. The Morgan fingerprint density at radius 2 is 1.94 bits per heavy atom. The number of aldehydes is 1. The van der Waals surface area contributed by atoms with E-state index in [1.165, 1.54) is 24.0 Å². The molecule has 0 spiro atoms. The molecule has 2 aromatic rings. The molecule has 180 valence electrons. The molecule has 2 rings (SSSR count). The topological polar surface area (TPSA) is 133 Å². The van der Waals surface area contributed by atoms with Crippen molar-refractivity contribution < 1.29 is 28.7 Å². The van der Waals surface area contributed by atoms with Gasteiger partial charge in [0, 0.05) is 39.5 Å². The van der Waals surface area contributed by atoms with E-state index in [0.29, 0.717) is 25.5 Å². The van der Waals surface area contributed by atoms with E-state index in [4.69, 9.17) is 4.42 Å². The maximum Gasteiger partial charge on any atom is 0.271 e. The molecule has 2 aromatic heterocycles. The van der Waals surface area contributed by atoms with E-state index in [1.54, 1.807) is 19.0 Å². The number of anilines is 1. The van der Waals surface area contributed by atoms with Gasteiger partial charge in [-0.2, -0.15) is 0 Å². The summed E-state index contributed by atoms with van der Waals surface area (Å²) in [5.41, 5.74) is 0.809. The lowest BCUT2D eigenvalue weighted by molar-refractivity contribution is -0.131. The number of rotatable bonds is 11. The summed E-state index contributed by atoms with van der Waals surface area (Å²) in [5.74, 6) is -1.22. The number of furan rings is 1. The van der Waals surface area contributed by atoms with Gasteiger partial charge in [0.2, 0.25) is 11.8 Å². The fourth-order valence-corrected chi connectivity index (χ4v) is 3.69.